The molecule has 1 fully saturated rings. The Bertz CT molecular complexity index is 648. The van der Waals surface area contributed by atoms with Gasteiger partial charge in [-0.25, -0.2) is 4.98 Å². The van der Waals surface area contributed by atoms with Crippen LogP contribution in [0.2, 0.25) is 0 Å². The number of hydrogen-bond acceptors (Lipinski definition) is 4. The second kappa shape index (κ2) is 5.77. The SMILES string of the molecule is CCCc1nc(C2CC2)sc1-c1n[nH]c(=S)n1CCC. The lowest BCUT2D eigenvalue weighted by molar-refractivity contribution is 0.674. The molecular formula is C14H20N4S2. The largest absolute Gasteiger partial charge is 0.299 e. The Balaban J connectivity index is 2.05. The molecule has 20 heavy (non-hydrogen) atoms. The van der Waals surface area contributed by atoms with Crippen LogP contribution in [0.25, 0.3) is 10.7 Å². The summed E-state index contributed by atoms with van der Waals surface area (Å²) in [6.45, 7) is 5.27. The quantitative estimate of drug-likeness (QED) is 0.809. The summed E-state index contributed by atoms with van der Waals surface area (Å²) in [7, 11) is 0. The molecule has 0 saturated heterocycles. The van der Waals surface area contributed by atoms with Crippen LogP contribution in [-0.4, -0.2) is 19.7 Å². The van der Waals surface area contributed by atoms with E-state index in [1.807, 2.05) is 11.3 Å². The van der Waals surface area contributed by atoms with E-state index in [1.165, 1.54) is 28.4 Å². The lowest BCUT2D eigenvalue weighted by Crippen LogP contribution is -2.00. The molecule has 0 bridgehead atoms. The van der Waals surface area contributed by atoms with Gasteiger partial charge < -0.3 is 0 Å². The van der Waals surface area contributed by atoms with E-state index in [0.29, 0.717) is 10.7 Å². The molecule has 1 aliphatic carbocycles. The summed E-state index contributed by atoms with van der Waals surface area (Å²) >= 11 is 7.16. The molecule has 4 nitrogen and oxygen atoms in total. The lowest BCUT2D eigenvalue weighted by Gasteiger charge is -2.04. The summed E-state index contributed by atoms with van der Waals surface area (Å²) in [5, 5.41) is 8.69. The fourth-order valence-corrected chi connectivity index (χ4v) is 3.88. The highest BCUT2D eigenvalue weighted by molar-refractivity contribution is 7.71. The van der Waals surface area contributed by atoms with E-state index >= 15 is 0 Å². The van der Waals surface area contributed by atoms with Gasteiger partial charge in [0.15, 0.2) is 10.6 Å². The van der Waals surface area contributed by atoms with Gasteiger partial charge in [0, 0.05) is 12.5 Å². The third-order valence-corrected chi connectivity index (χ3v) is 5.10. The minimum atomic E-state index is 0.700. The van der Waals surface area contributed by atoms with Crippen LogP contribution in [0.3, 0.4) is 0 Å². The van der Waals surface area contributed by atoms with Crippen molar-refractivity contribution in [3.8, 4) is 10.7 Å². The van der Waals surface area contributed by atoms with Gasteiger partial charge in [-0.3, -0.25) is 9.67 Å². The molecule has 3 rings (SSSR count). The molecule has 0 spiro atoms. The lowest BCUT2D eigenvalue weighted by atomic mass is 10.2. The molecule has 1 saturated carbocycles. The van der Waals surface area contributed by atoms with Gasteiger partial charge in [0.1, 0.15) is 0 Å². The first-order valence-corrected chi connectivity index (χ1v) is 8.62. The molecule has 2 heterocycles. The Morgan fingerprint density at radius 1 is 1.35 bits per heavy atom. The van der Waals surface area contributed by atoms with E-state index in [0.717, 1.165) is 31.6 Å². The van der Waals surface area contributed by atoms with E-state index in [9.17, 15) is 0 Å². The average Bonchev–Trinajstić information content (AvgIpc) is 3.12. The smallest absolute Gasteiger partial charge is 0.195 e. The molecule has 108 valence electrons. The predicted octanol–water partition coefficient (Wildman–Crippen LogP) is 4.30. The number of nitrogens with one attached hydrogen (secondary N) is 1. The van der Waals surface area contributed by atoms with Crippen LogP contribution in [0.1, 0.15) is 56.2 Å². The van der Waals surface area contributed by atoms with Crippen molar-refractivity contribution in [2.45, 2.75) is 58.4 Å². The fourth-order valence-electron chi connectivity index (χ4n) is 2.38. The van der Waals surface area contributed by atoms with Crippen molar-refractivity contribution in [1.82, 2.24) is 19.7 Å². The average molecular weight is 308 g/mol. The van der Waals surface area contributed by atoms with Gasteiger partial charge in [0.05, 0.1) is 15.6 Å². The van der Waals surface area contributed by atoms with Crippen molar-refractivity contribution in [2.75, 3.05) is 0 Å². The number of rotatable bonds is 6. The fraction of sp³-hybridized carbons (Fsp3) is 0.643. The normalized spacial score (nSPS) is 14.9. The number of H-pyrrole nitrogens is 1. The molecule has 0 aromatic carbocycles. The molecule has 0 radical (unpaired) electrons. The third kappa shape index (κ3) is 2.59. The molecule has 2 aromatic heterocycles. The Morgan fingerprint density at radius 2 is 2.15 bits per heavy atom. The van der Waals surface area contributed by atoms with Crippen LogP contribution in [0, 0.1) is 4.77 Å². The van der Waals surface area contributed by atoms with Crippen molar-refractivity contribution >= 4 is 23.6 Å². The van der Waals surface area contributed by atoms with Crippen LogP contribution >= 0.6 is 23.6 Å². The number of aromatic nitrogens is 4. The summed E-state index contributed by atoms with van der Waals surface area (Å²) < 4.78 is 2.82. The highest BCUT2D eigenvalue weighted by atomic mass is 32.1. The highest BCUT2D eigenvalue weighted by Gasteiger charge is 2.29. The van der Waals surface area contributed by atoms with E-state index < -0.39 is 0 Å². The van der Waals surface area contributed by atoms with Gasteiger partial charge in [-0.2, -0.15) is 5.10 Å². The summed E-state index contributed by atoms with van der Waals surface area (Å²) in [5.74, 6) is 1.68. The molecular weight excluding hydrogens is 288 g/mol. The summed E-state index contributed by atoms with van der Waals surface area (Å²) in [6.07, 6.45) is 5.77. The van der Waals surface area contributed by atoms with Gasteiger partial charge in [-0.1, -0.05) is 20.3 Å². The van der Waals surface area contributed by atoms with Gasteiger partial charge in [0.2, 0.25) is 0 Å². The Labute approximate surface area is 128 Å². The molecule has 6 heteroatoms. The van der Waals surface area contributed by atoms with Crippen LogP contribution < -0.4 is 0 Å². The van der Waals surface area contributed by atoms with Crippen molar-refractivity contribution in [1.29, 1.82) is 0 Å². The van der Waals surface area contributed by atoms with E-state index in [2.05, 4.69) is 28.6 Å². The minimum absolute atomic E-state index is 0.700. The standard InChI is InChI=1S/C14H20N4S2/c1-3-5-10-11(20-13(15-10)9-6-7-9)12-16-17-14(19)18(12)8-4-2/h9H,3-8H2,1-2H3,(H,17,19). The first-order valence-electron chi connectivity index (χ1n) is 7.39. The van der Waals surface area contributed by atoms with E-state index in [-0.39, 0.29) is 0 Å². The molecule has 1 N–H and O–H groups in total. The van der Waals surface area contributed by atoms with Crippen molar-refractivity contribution in [3.63, 3.8) is 0 Å². The van der Waals surface area contributed by atoms with Gasteiger partial charge in [-0.05, 0) is 37.9 Å². The maximum absolute atomic E-state index is 5.35. The summed E-state index contributed by atoms with van der Waals surface area (Å²) in [4.78, 5) is 6.08. The highest BCUT2D eigenvalue weighted by Crippen LogP contribution is 2.44. The Hall–Kier alpha value is -1.01. The number of hydrogen-bond donors (Lipinski definition) is 1. The maximum atomic E-state index is 5.35. The van der Waals surface area contributed by atoms with Crippen LogP contribution in [0.15, 0.2) is 0 Å². The van der Waals surface area contributed by atoms with Gasteiger partial charge in [0.25, 0.3) is 0 Å². The van der Waals surface area contributed by atoms with Crippen LogP contribution in [0.5, 0.6) is 0 Å². The Kier molecular flexibility index (Phi) is 4.03. The maximum Gasteiger partial charge on any atom is 0.195 e. The number of thiazole rings is 1. The zero-order valence-corrected chi connectivity index (χ0v) is 13.6. The number of nitrogens with zero attached hydrogens (tertiary/aromatic N) is 3. The number of aryl methyl sites for hydroxylation is 1. The van der Waals surface area contributed by atoms with E-state index in [4.69, 9.17) is 17.2 Å². The third-order valence-electron chi connectivity index (χ3n) is 3.54. The predicted molar refractivity (Wildman–Crippen MR) is 84.8 cm³/mol. The molecule has 0 unspecified atom stereocenters. The monoisotopic (exact) mass is 308 g/mol. The summed E-state index contributed by atoms with van der Waals surface area (Å²) in [6, 6.07) is 0. The van der Waals surface area contributed by atoms with Gasteiger partial charge >= 0.3 is 0 Å². The first kappa shape index (κ1) is 13.9. The second-order valence-corrected chi connectivity index (χ2v) is 6.77. The molecule has 0 amide bonds. The second-order valence-electron chi connectivity index (χ2n) is 5.36. The van der Waals surface area contributed by atoms with Crippen molar-refractivity contribution < 1.29 is 0 Å². The molecule has 2 aromatic rings. The zero-order valence-electron chi connectivity index (χ0n) is 12.0. The summed E-state index contributed by atoms with van der Waals surface area (Å²) in [5.41, 5.74) is 1.20. The minimum Gasteiger partial charge on any atom is -0.299 e. The molecule has 1 aliphatic rings. The van der Waals surface area contributed by atoms with E-state index in [1.54, 1.807) is 0 Å². The van der Waals surface area contributed by atoms with Crippen molar-refractivity contribution in [3.05, 3.63) is 15.5 Å². The molecule has 0 aliphatic heterocycles. The first-order chi connectivity index (χ1) is 9.74. The molecule has 0 atom stereocenters. The van der Waals surface area contributed by atoms with Crippen LogP contribution in [-0.2, 0) is 13.0 Å². The van der Waals surface area contributed by atoms with Crippen LogP contribution in [0.4, 0.5) is 0 Å². The number of aromatic amines is 1. The topological polar surface area (TPSA) is 46.5 Å². The van der Waals surface area contributed by atoms with Crippen molar-refractivity contribution in [2.24, 2.45) is 0 Å². The Morgan fingerprint density at radius 3 is 2.80 bits per heavy atom. The zero-order chi connectivity index (χ0) is 14.1. The van der Waals surface area contributed by atoms with Gasteiger partial charge in [-0.15, -0.1) is 11.3 Å².